The molecule has 0 rings (SSSR count). The summed E-state index contributed by atoms with van der Waals surface area (Å²) in [5.74, 6) is -0.352. The number of carbonyl (C=O) groups is 1. The summed E-state index contributed by atoms with van der Waals surface area (Å²) in [5, 5.41) is 0. The van der Waals surface area contributed by atoms with Crippen molar-refractivity contribution in [2.24, 2.45) is 0 Å². The number of rotatable bonds is 5. The molecule has 0 bridgehead atoms. The molecule has 0 aliphatic heterocycles. The van der Waals surface area contributed by atoms with E-state index in [1.807, 2.05) is 19.1 Å². The number of allylic oxidation sites excluding steroid dienone is 3. The van der Waals surface area contributed by atoms with Gasteiger partial charge in [-0.15, -0.1) is 0 Å². The van der Waals surface area contributed by atoms with E-state index >= 15 is 0 Å². The Morgan fingerprint density at radius 3 is 2.43 bits per heavy atom. The summed E-state index contributed by atoms with van der Waals surface area (Å²) in [4.78, 5) is 11.1. The van der Waals surface area contributed by atoms with Crippen LogP contribution in [0.3, 0.4) is 0 Å². The molecule has 0 aromatic carbocycles. The average Bonchev–Trinajstić information content (AvgIpc) is 2.19. The molecule has 0 radical (unpaired) electrons. The lowest BCUT2D eigenvalue weighted by Gasteiger charge is -2.00. The number of hydrogen-bond acceptors (Lipinski definition) is 2. The van der Waals surface area contributed by atoms with E-state index in [0.29, 0.717) is 12.2 Å². The van der Waals surface area contributed by atoms with Crippen LogP contribution in [0.1, 0.15) is 27.2 Å². The Balaban J connectivity index is 4.24. The highest BCUT2D eigenvalue weighted by Crippen LogP contribution is 2.05. The minimum absolute atomic E-state index is 0.352. The van der Waals surface area contributed by atoms with Crippen LogP contribution in [0.15, 0.2) is 36.0 Å². The van der Waals surface area contributed by atoms with Crippen molar-refractivity contribution in [3.05, 3.63) is 36.0 Å². The van der Waals surface area contributed by atoms with Gasteiger partial charge in [0.15, 0.2) is 0 Å². The molecule has 2 nitrogen and oxygen atoms in total. The lowest BCUT2D eigenvalue weighted by atomic mass is 10.1. The van der Waals surface area contributed by atoms with Crippen LogP contribution >= 0.6 is 0 Å². The van der Waals surface area contributed by atoms with Crippen LogP contribution < -0.4 is 0 Å². The Hall–Kier alpha value is -1.31. The van der Waals surface area contributed by atoms with Crippen molar-refractivity contribution in [3.8, 4) is 0 Å². The van der Waals surface area contributed by atoms with Crippen molar-refractivity contribution in [1.82, 2.24) is 0 Å². The Labute approximate surface area is 86.0 Å². The van der Waals surface area contributed by atoms with Gasteiger partial charge in [-0.05, 0) is 26.3 Å². The summed E-state index contributed by atoms with van der Waals surface area (Å²) >= 11 is 0. The molecule has 0 aliphatic rings. The number of hydrogen-bond donors (Lipinski definition) is 0. The first-order valence-electron chi connectivity index (χ1n) is 4.84. The number of esters is 1. The van der Waals surface area contributed by atoms with Gasteiger partial charge < -0.3 is 4.74 Å². The van der Waals surface area contributed by atoms with Gasteiger partial charge in [-0.2, -0.15) is 0 Å². The van der Waals surface area contributed by atoms with Crippen molar-refractivity contribution in [2.45, 2.75) is 27.2 Å². The molecular weight excluding hydrogens is 176 g/mol. The lowest BCUT2D eigenvalue weighted by molar-refractivity contribution is -0.138. The van der Waals surface area contributed by atoms with Crippen LogP contribution in [0.25, 0.3) is 0 Å². The molecule has 0 amide bonds. The normalized spacial score (nSPS) is 11.8. The zero-order chi connectivity index (χ0) is 11.0. The topological polar surface area (TPSA) is 26.3 Å². The molecule has 0 atom stereocenters. The maximum Gasteiger partial charge on any atom is 0.337 e. The summed E-state index contributed by atoms with van der Waals surface area (Å²) in [5.41, 5.74) is 1.56. The van der Waals surface area contributed by atoms with Gasteiger partial charge in [-0.1, -0.05) is 31.2 Å². The van der Waals surface area contributed by atoms with E-state index in [4.69, 9.17) is 4.74 Å². The molecule has 0 aromatic rings. The SMILES string of the molecule is C=C(/C=C\C(=C/C)CC)C(=O)OCC. The van der Waals surface area contributed by atoms with E-state index in [0.717, 1.165) is 6.42 Å². The summed E-state index contributed by atoms with van der Waals surface area (Å²) in [7, 11) is 0. The van der Waals surface area contributed by atoms with E-state index < -0.39 is 0 Å². The maximum absolute atomic E-state index is 11.1. The zero-order valence-corrected chi connectivity index (χ0v) is 9.17. The van der Waals surface area contributed by atoms with Crippen LogP contribution in [0.2, 0.25) is 0 Å². The second-order valence-corrected chi connectivity index (χ2v) is 2.80. The van der Waals surface area contributed by atoms with Gasteiger partial charge in [0.2, 0.25) is 0 Å². The van der Waals surface area contributed by atoms with Crippen molar-refractivity contribution in [1.29, 1.82) is 0 Å². The molecule has 0 fully saturated rings. The van der Waals surface area contributed by atoms with Gasteiger partial charge in [0.05, 0.1) is 12.2 Å². The van der Waals surface area contributed by atoms with Gasteiger partial charge in [-0.3, -0.25) is 0 Å². The standard InChI is InChI=1S/C12H18O2/c1-5-11(6-2)9-8-10(4)12(13)14-7-3/h5,8-9H,4,6-7H2,1-3H3/b9-8-,11-5-. The molecule has 0 saturated carbocycles. The molecule has 0 saturated heterocycles. The van der Waals surface area contributed by atoms with Crippen LogP contribution in [0.4, 0.5) is 0 Å². The molecule has 0 unspecified atom stereocenters. The van der Waals surface area contributed by atoms with Crippen LogP contribution in [-0.4, -0.2) is 12.6 Å². The molecule has 0 spiro atoms. The zero-order valence-electron chi connectivity index (χ0n) is 9.17. The van der Waals surface area contributed by atoms with Crippen molar-refractivity contribution in [2.75, 3.05) is 6.61 Å². The Kier molecular flexibility index (Phi) is 6.46. The number of carbonyl (C=O) groups excluding carboxylic acids is 1. The smallest absolute Gasteiger partial charge is 0.337 e. The summed E-state index contributed by atoms with van der Waals surface area (Å²) < 4.78 is 4.79. The maximum atomic E-state index is 11.1. The molecule has 0 aliphatic carbocycles. The summed E-state index contributed by atoms with van der Waals surface area (Å²) in [6.45, 7) is 9.82. The van der Waals surface area contributed by atoms with Crippen molar-refractivity contribution in [3.63, 3.8) is 0 Å². The Bertz CT molecular complexity index is 259. The quantitative estimate of drug-likeness (QED) is 0.382. The lowest BCUT2D eigenvalue weighted by Crippen LogP contribution is -2.04. The largest absolute Gasteiger partial charge is 0.462 e. The monoisotopic (exact) mass is 194 g/mol. The van der Waals surface area contributed by atoms with E-state index in [9.17, 15) is 4.79 Å². The van der Waals surface area contributed by atoms with Crippen molar-refractivity contribution < 1.29 is 9.53 Å². The highest BCUT2D eigenvalue weighted by molar-refractivity contribution is 5.90. The van der Waals surface area contributed by atoms with E-state index in [1.54, 1.807) is 13.0 Å². The first-order chi connectivity index (χ1) is 6.65. The third-order valence-electron chi connectivity index (χ3n) is 1.82. The molecule has 0 N–H and O–H groups in total. The predicted molar refractivity (Wildman–Crippen MR) is 59.0 cm³/mol. The van der Waals surface area contributed by atoms with Gasteiger partial charge in [0.1, 0.15) is 0 Å². The first kappa shape index (κ1) is 12.7. The van der Waals surface area contributed by atoms with Gasteiger partial charge in [0.25, 0.3) is 0 Å². The average molecular weight is 194 g/mol. The molecular formula is C12H18O2. The minimum Gasteiger partial charge on any atom is -0.462 e. The minimum atomic E-state index is -0.352. The molecule has 14 heavy (non-hydrogen) atoms. The fourth-order valence-corrected chi connectivity index (χ4v) is 0.918. The van der Waals surface area contributed by atoms with Gasteiger partial charge in [-0.25, -0.2) is 4.79 Å². The third kappa shape index (κ3) is 4.65. The van der Waals surface area contributed by atoms with Gasteiger partial charge >= 0.3 is 5.97 Å². The van der Waals surface area contributed by atoms with Crippen LogP contribution in [0.5, 0.6) is 0 Å². The Morgan fingerprint density at radius 1 is 1.36 bits per heavy atom. The second-order valence-electron chi connectivity index (χ2n) is 2.80. The van der Waals surface area contributed by atoms with Crippen LogP contribution in [-0.2, 0) is 9.53 Å². The summed E-state index contributed by atoms with van der Waals surface area (Å²) in [6.07, 6.45) is 6.54. The highest BCUT2D eigenvalue weighted by Gasteiger charge is 2.02. The van der Waals surface area contributed by atoms with Gasteiger partial charge in [0, 0.05) is 0 Å². The predicted octanol–water partition coefficient (Wildman–Crippen LogP) is 3.02. The van der Waals surface area contributed by atoms with E-state index in [1.165, 1.54) is 5.57 Å². The fourth-order valence-electron chi connectivity index (χ4n) is 0.918. The second kappa shape index (κ2) is 7.13. The van der Waals surface area contributed by atoms with E-state index in [2.05, 4.69) is 13.5 Å². The van der Waals surface area contributed by atoms with Crippen LogP contribution in [0, 0.1) is 0 Å². The molecule has 0 aromatic heterocycles. The fraction of sp³-hybridized carbons (Fsp3) is 0.417. The third-order valence-corrected chi connectivity index (χ3v) is 1.82. The first-order valence-corrected chi connectivity index (χ1v) is 4.84. The Morgan fingerprint density at radius 2 is 2.00 bits per heavy atom. The number of ether oxygens (including phenoxy) is 1. The molecule has 2 heteroatoms. The summed E-state index contributed by atoms with van der Waals surface area (Å²) in [6, 6.07) is 0. The van der Waals surface area contributed by atoms with Crippen molar-refractivity contribution >= 4 is 5.97 Å². The molecule has 0 heterocycles. The van der Waals surface area contributed by atoms with E-state index in [-0.39, 0.29) is 5.97 Å². The highest BCUT2D eigenvalue weighted by atomic mass is 16.5. The molecule has 78 valence electrons.